The highest BCUT2D eigenvalue weighted by Crippen LogP contribution is 2.60. The van der Waals surface area contributed by atoms with Crippen molar-refractivity contribution < 1.29 is 4.55 Å². The summed E-state index contributed by atoms with van der Waals surface area (Å²) >= 11 is -1.45. The lowest BCUT2D eigenvalue weighted by Crippen LogP contribution is -2.69. The van der Waals surface area contributed by atoms with Crippen LogP contribution in [0.4, 0.5) is 0 Å². The number of fused-ring (bicyclic) bond motifs is 1. The molecule has 2 N–H and O–H groups in total. The van der Waals surface area contributed by atoms with Gasteiger partial charge in [-0.2, -0.15) is 0 Å². The van der Waals surface area contributed by atoms with E-state index in [-0.39, 0.29) is 11.1 Å². The second-order valence-electron chi connectivity index (χ2n) is 9.65. The fourth-order valence-electron chi connectivity index (χ4n) is 4.46. The average molecular weight is 426 g/mol. The first kappa shape index (κ1) is 19.7. The molecule has 0 spiro atoms. The van der Waals surface area contributed by atoms with Crippen LogP contribution in [0.15, 0.2) is 51.6 Å². The number of allylic oxidation sites excluding steroid dienone is 1. The fraction of sp³-hybridized carbons (Fsp3) is 0.455. The summed E-state index contributed by atoms with van der Waals surface area (Å²) in [5.74, 6) is 0.861. The summed E-state index contributed by atoms with van der Waals surface area (Å²) in [5, 5.41) is 3.56. The van der Waals surface area contributed by atoms with Gasteiger partial charge in [-0.05, 0) is 63.5 Å². The largest absolute Gasteiger partial charge is 0.591 e. The molecule has 30 heavy (non-hydrogen) atoms. The van der Waals surface area contributed by atoms with Crippen LogP contribution in [-0.2, 0) is 18.4 Å². The van der Waals surface area contributed by atoms with Crippen molar-refractivity contribution in [3.05, 3.63) is 58.3 Å². The van der Waals surface area contributed by atoms with Gasteiger partial charge in [-0.3, -0.25) is 9.80 Å². The molecule has 3 saturated carbocycles. The highest BCUT2D eigenvalue weighted by atomic mass is 32.2. The van der Waals surface area contributed by atoms with Crippen molar-refractivity contribution in [2.45, 2.75) is 50.3 Å². The second-order valence-corrected chi connectivity index (χ2v) is 11.6. The molecule has 0 amide bonds. The van der Waals surface area contributed by atoms with Crippen molar-refractivity contribution >= 4 is 27.8 Å². The van der Waals surface area contributed by atoms with Gasteiger partial charge in [-0.15, -0.1) is 5.53 Å². The lowest BCUT2D eigenvalue weighted by atomic mass is 9.49. The minimum absolute atomic E-state index is 0.0624. The Morgan fingerprint density at radius 1 is 1.23 bits per heavy atom. The van der Waals surface area contributed by atoms with E-state index in [1.54, 1.807) is 17.8 Å². The average Bonchev–Trinajstić information content (AvgIpc) is 3.08. The van der Waals surface area contributed by atoms with Crippen LogP contribution in [-0.4, -0.2) is 30.1 Å². The van der Waals surface area contributed by atoms with Crippen LogP contribution >= 0.6 is 0 Å². The van der Waals surface area contributed by atoms with E-state index in [0.29, 0.717) is 11.1 Å². The predicted molar refractivity (Wildman–Crippen MR) is 120 cm³/mol. The topological polar surface area (TPSA) is 84.7 Å². The zero-order chi connectivity index (χ0) is 21.3. The molecule has 0 saturated heterocycles. The highest BCUT2D eigenvalue weighted by Gasteiger charge is 2.60. The molecule has 1 aromatic carbocycles. The summed E-state index contributed by atoms with van der Waals surface area (Å²) in [6.45, 7) is 5.73. The number of pyridine rings is 1. The quantitative estimate of drug-likeness (QED) is 0.581. The third-order valence-corrected chi connectivity index (χ3v) is 7.81. The van der Waals surface area contributed by atoms with Gasteiger partial charge in [-0.25, -0.2) is 0 Å². The molecule has 8 heteroatoms. The molecule has 1 unspecified atom stereocenters. The predicted octanol–water partition coefficient (Wildman–Crippen LogP) is 2.51. The maximum atomic E-state index is 13.0. The first-order valence-electron chi connectivity index (χ1n) is 10.3. The molecule has 2 bridgehead atoms. The lowest BCUT2D eigenvalue weighted by molar-refractivity contribution is -0.141. The van der Waals surface area contributed by atoms with E-state index in [1.165, 1.54) is 19.3 Å². The molecule has 7 nitrogen and oxygen atoms in total. The Morgan fingerprint density at radius 3 is 2.60 bits per heavy atom. The van der Waals surface area contributed by atoms with Gasteiger partial charge in [0.15, 0.2) is 0 Å². The van der Waals surface area contributed by atoms with Gasteiger partial charge in [0.25, 0.3) is 5.56 Å². The van der Waals surface area contributed by atoms with E-state index in [4.69, 9.17) is 0 Å². The molecule has 2 aromatic rings. The summed E-state index contributed by atoms with van der Waals surface area (Å²) in [6, 6.07) is 7.54. The molecule has 1 atom stereocenters. The Bertz CT molecular complexity index is 1130. The molecule has 0 radical (unpaired) electrons. The third kappa shape index (κ3) is 2.97. The summed E-state index contributed by atoms with van der Waals surface area (Å²) < 4.78 is 18.7. The third-order valence-electron chi connectivity index (χ3n) is 6.42. The number of aryl methyl sites for hydroxylation is 1. The summed E-state index contributed by atoms with van der Waals surface area (Å²) in [7, 11) is 1.74. The van der Waals surface area contributed by atoms with Crippen LogP contribution in [0.25, 0.3) is 10.8 Å². The summed E-state index contributed by atoms with van der Waals surface area (Å²) in [5.41, 5.74) is 8.80. The van der Waals surface area contributed by atoms with Crippen molar-refractivity contribution in [3.63, 3.8) is 0 Å². The maximum Gasteiger partial charge on any atom is 0.258 e. The zero-order valence-electron chi connectivity index (χ0n) is 17.7. The Labute approximate surface area is 179 Å². The van der Waals surface area contributed by atoms with E-state index in [9.17, 15) is 9.35 Å². The monoisotopic (exact) mass is 425 g/mol. The van der Waals surface area contributed by atoms with Crippen LogP contribution in [0, 0.1) is 5.92 Å². The van der Waals surface area contributed by atoms with Crippen molar-refractivity contribution in [2.24, 2.45) is 17.4 Å². The number of nitrogens with zero attached hydrogens (tertiary/aromatic N) is 3. The lowest BCUT2D eigenvalue weighted by Gasteiger charge is -2.64. The van der Waals surface area contributed by atoms with E-state index >= 15 is 0 Å². The van der Waals surface area contributed by atoms with Gasteiger partial charge in [0, 0.05) is 30.4 Å². The SMILES string of the molecule is Cn1ccc2c(C(=N[S+]([O-])C(C)(C)C)C3=CN(C45CC(C4)C5)NN3)cccc2c1=O. The van der Waals surface area contributed by atoms with E-state index < -0.39 is 16.1 Å². The van der Waals surface area contributed by atoms with Crippen LogP contribution in [0.1, 0.15) is 45.6 Å². The highest BCUT2D eigenvalue weighted by molar-refractivity contribution is 7.91. The Kier molecular flexibility index (Phi) is 4.33. The van der Waals surface area contributed by atoms with E-state index in [2.05, 4.69) is 20.4 Å². The fourth-order valence-corrected chi connectivity index (χ4v) is 5.10. The minimum atomic E-state index is -1.45. The maximum absolute atomic E-state index is 13.0. The van der Waals surface area contributed by atoms with E-state index in [0.717, 1.165) is 22.6 Å². The van der Waals surface area contributed by atoms with Crippen LogP contribution in [0.2, 0.25) is 0 Å². The number of rotatable bonds is 4. The number of hydrogen-bond donors (Lipinski definition) is 2. The molecule has 3 aliphatic carbocycles. The Morgan fingerprint density at radius 2 is 1.97 bits per heavy atom. The molecule has 1 aliphatic heterocycles. The van der Waals surface area contributed by atoms with Crippen LogP contribution < -0.4 is 16.5 Å². The number of nitrogens with one attached hydrogen (secondary N) is 2. The van der Waals surface area contributed by atoms with Gasteiger partial charge >= 0.3 is 0 Å². The van der Waals surface area contributed by atoms with Gasteiger partial charge in [0.1, 0.15) is 21.8 Å². The summed E-state index contributed by atoms with van der Waals surface area (Å²) in [6.07, 6.45) is 7.41. The molecule has 2 heterocycles. The standard InChI is InChI=1S/C22H27N5O2S/c1-21(2,3)30(29)24-19(18-13-27(25-23-18)22-10-14(11-22)12-22)16-6-5-7-17-15(16)8-9-26(4)20(17)28/h5-9,13-14,23,25H,10-12H2,1-4H3. The number of aromatic nitrogens is 1. The Balaban J connectivity index is 1.64. The summed E-state index contributed by atoms with van der Waals surface area (Å²) in [4.78, 5) is 12.7. The molecule has 4 aliphatic rings. The second kappa shape index (κ2) is 6.60. The van der Waals surface area contributed by atoms with Gasteiger partial charge < -0.3 is 14.5 Å². The van der Waals surface area contributed by atoms with Crippen molar-refractivity contribution in [3.8, 4) is 0 Å². The number of hydrogen-bond acceptors (Lipinski definition) is 6. The number of benzene rings is 1. The van der Waals surface area contributed by atoms with E-state index in [1.807, 2.05) is 51.2 Å². The normalized spacial score (nSPS) is 26.7. The number of hydrazine groups is 2. The van der Waals surface area contributed by atoms with Gasteiger partial charge in [-0.1, -0.05) is 16.5 Å². The molecule has 3 fully saturated rings. The van der Waals surface area contributed by atoms with Crippen molar-refractivity contribution in [2.75, 3.05) is 0 Å². The van der Waals surface area contributed by atoms with Crippen molar-refractivity contribution in [1.82, 2.24) is 20.5 Å². The molecule has 1 aromatic heterocycles. The first-order valence-corrected chi connectivity index (χ1v) is 11.4. The van der Waals surface area contributed by atoms with Crippen LogP contribution in [0.5, 0.6) is 0 Å². The van der Waals surface area contributed by atoms with Gasteiger partial charge in [0.05, 0.1) is 11.2 Å². The Hall–Kier alpha value is -2.29. The molecular weight excluding hydrogens is 398 g/mol. The molecule has 6 rings (SSSR count). The molecule has 158 valence electrons. The minimum Gasteiger partial charge on any atom is -0.591 e. The van der Waals surface area contributed by atoms with Crippen molar-refractivity contribution in [1.29, 1.82) is 0 Å². The van der Waals surface area contributed by atoms with Crippen LogP contribution in [0.3, 0.4) is 0 Å². The van der Waals surface area contributed by atoms with Gasteiger partial charge in [0.2, 0.25) is 0 Å². The molecular formula is C22H27N5O2S. The zero-order valence-corrected chi connectivity index (χ0v) is 18.5. The first-order chi connectivity index (χ1) is 14.2. The smallest absolute Gasteiger partial charge is 0.258 e.